The van der Waals surface area contributed by atoms with Gasteiger partial charge in [0.05, 0.1) is 6.04 Å². The van der Waals surface area contributed by atoms with Gasteiger partial charge in [-0.25, -0.2) is 9.97 Å². The number of anilines is 1. The lowest BCUT2D eigenvalue weighted by molar-refractivity contribution is 0.353. The Labute approximate surface area is 192 Å². The van der Waals surface area contributed by atoms with E-state index in [0.29, 0.717) is 23.9 Å². The van der Waals surface area contributed by atoms with E-state index in [1.165, 1.54) is 52.4 Å². The van der Waals surface area contributed by atoms with E-state index in [2.05, 4.69) is 74.5 Å². The first-order chi connectivity index (χ1) is 16.2. The predicted molar refractivity (Wildman–Crippen MR) is 132 cm³/mol. The Hall–Kier alpha value is -3.38. The van der Waals surface area contributed by atoms with E-state index in [1.807, 2.05) is 12.3 Å². The number of aromatic amines is 2. The van der Waals surface area contributed by atoms with Gasteiger partial charge in [0.25, 0.3) is 0 Å². The number of nitrogens with one attached hydrogen (secondary N) is 2. The van der Waals surface area contributed by atoms with Crippen LogP contribution in [0.3, 0.4) is 0 Å². The second kappa shape index (κ2) is 6.35. The fraction of sp³-hybridized carbons (Fsp3) is 0.333. The molecule has 0 amide bonds. The highest BCUT2D eigenvalue weighted by molar-refractivity contribution is 5.95. The van der Waals surface area contributed by atoms with E-state index in [9.17, 15) is 0 Å². The number of H-pyrrole nitrogens is 2. The third-order valence-corrected chi connectivity index (χ3v) is 8.35. The van der Waals surface area contributed by atoms with Crippen molar-refractivity contribution >= 4 is 39.0 Å². The largest absolute Gasteiger partial charge is 0.349 e. The molecule has 4 aromatic heterocycles. The molecule has 2 aliphatic carbocycles. The van der Waals surface area contributed by atoms with Gasteiger partial charge in [0.15, 0.2) is 0 Å². The Morgan fingerprint density at radius 3 is 2.36 bits per heavy atom. The summed E-state index contributed by atoms with van der Waals surface area (Å²) in [4.78, 5) is 21.4. The van der Waals surface area contributed by atoms with E-state index in [1.54, 1.807) is 0 Å². The Balaban J connectivity index is 1.14. The SMILES string of the molecule is CN1CC2C=C(c3c[nH]c4nc(N5CC6C=C(c7c[nH]c8ncccc78)C5C6)ccc34)C1C2. The van der Waals surface area contributed by atoms with E-state index in [-0.39, 0.29) is 0 Å². The average Bonchev–Trinajstić information content (AvgIpc) is 3.66. The van der Waals surface area contributed by atoms with Crippen molar-refractivity contribution in [1.29, 1.82) is 0 Å². The van der Waals surface area contributed by atoms with E-state index >= 15 is 0 Å². The van der Waals surface area contributed by atoms with Crippen LogP contribution in [-0.2, 0) is 0 Å². The first-order valence-electron chi connectivity index (χ1n) is 12.0. The molecule has 4 atom stereocenters. The van der Waals surface area contributed by atoms with Gasteiger partial charge in [-0.1, -0.05) is 12.2 Å². The minimum atomic E-state index is 0.371. The van der Waals surface area contributed by atoms with E-state index in [4.69, 9.17) is 4.98 Å². The van der Waals surface area contributed by atoms with Gasteiger partial charge < -0.3 is 14.9 Å². The summed E-state index contributed by atoms with van der Waals surface area (Å²) < 4.78 is 0. The minimum Gasteiger partial charge on any atom is -0.349 e. The molecule has 4 aliphatic rings. The molecule has 6 heteroatoms. The van der Waals surface area contributed by atoms with Crippen LogP contribution >= 0.6 is 0 Å². The smallest absolute Gasteiger partial charge is 0.140 e. The van der Waals surface area contributed by atoms with Crippen molar-refractivity contribution in [3.63, 3.8) is 0 Å². The molecular weight excluding hydrogens is 408 g/mol. The van der Waals surface area contributed by atoms with Crippen molar-refractivity contribution in [2.45, 2.75) is 24.9 Å². The highest BCUT2D eigenvalue weighted by atomic mass is 15.2. The third kappa shape index (κ3) is 2.47. The van der Waals surface area contributed by atoms with Crippen LogP contribution in [0.15, 0.2) is 55.0 Å². The fourth-order valence-electron chi connectivity index (χ4n) is 6.92. The number of likely N-dealkylation sites (N-methyl/N-ethyl adjacent to an activating group) is 1. The Bertz CT molecular complexity index is 1490. The zero-order chi connectivity index (χ0) is 21.7. The van der Waals surface area contributed by atoms with Crippen molar-refractivity contribution in [2.75, 3.05) is 25.0 Å². The zero-order valence-corrected chi connectivity index (χ0v) is 18.6. The second-order valence-corrected chi connectivity index (χ2v) is 10.2. The molecule has 4 bridgehead atoms. The number of rotatable bonds is 3. The van der Waals surface area contributed by atoms with Crippen LogP contribution in [0, 0.1) is 11.8 Å². The topological polar surface area (TPSA) is 63.8 Å². The van der Waals surface area contributed by atoms with Crippen molar-refractivity contribution in [1.82, 2.24) is 24.8 Å². The first-order valence-corrected chi connectivity index (χ1v) is 12.0. The number of nitrogens with zero attached hydrogens (tertiary/aromatic N) is 4. The molecular formula is C27H26N6. The van der Waals surface area contributed by atoms with Crippen LogP contribution in [0.2, 0.25) is 0 Å². The maximum atomic E-state index is 5.11. The molecule has 2 fully saturated rings. The summed E-state index contributed by atoms with van der Waals surface area (Å²) in [5.41, 5.74) is 7.46. The number of fused-ring (bicyclic) bond motifs is 6. The molecule has 164 valence electrons. The molecule has 0 spiro atoms. The highest BCUT2D eigenvalue weighted by Crippen LogP contribution is 2.46. The molecule has 6 heterocycles. The van der Waals surface area contributed by atoms with Gasteiger partial charge in [0.2, 0.25) is 0 Å². The molecule has 4 unspecified atom stereocenters. The summed E-state index contributed by atoms with van der Waals surface area (Å²) in [6.45, 7) is 2.24. The molecule has 4 aromatic rings. The molecule has 2 aliphatic heterocycles. The second-order valence-electron chi connectivity index (χ2n) is 10.2. The number of pyridine rings is 2. The van der Waals surface area contributed by atoms with Gasteiger partial charge in [0.1, 0.15) is 17.1 Å². The molecule has 8 rings (SSSR count). The first kappa shape index (κ1) is 18.1. The summed E-state index contributed by atoms with van der Waals surface area (Å²) in [5, 5.41) is 2.45. The van der Waals surface area contributed by atoms with Gasteiger partial charge in [0, 0.05) is 59.6 Å². The van der Waals surface area contributed by atoms with Crippen molar-refractivity contribution in [3.05, 3.63) is 66.1 Å². The standard InChI is InChI=1S/C27H26N6/c1-32-13-15-7-19(23(32)9-15)22-12-30-27-18(22)4-5-25(31-27)33-14-16-8-20(24(33)10-16)21-11-29-26-17(21)3-2-6-28-26/h2-8,11-12,15-16,23-24H,9-10,13-14H2,1H3,(H,28,29)(H,30,31). The van der Waals surface area contributed by atoms with Gasteiger partial charge in [-0.15, -0.1) is 0 Å². The van der Waals surface area contributed by atoms with Gasteiger partial charge in [-0.3, -0.25) is 4.90 Å². The Kier molecular flexibility index (Phi) is 3.48. The Morgan fingerprint density at radius 1 is 0.848 bits per heavy atom. The average molecular weight is 435 g/mol. The number of aromatic nitrogens is 4. The van der Waals surface area contributed by atoms with Gasteiger partial charge in [-0.05, 0) is 67.1 Å². The summed E-state index contributed by atoms with van der Waals surface area (Å²) in [5.74, 6) is 2.36. The lowest BCUT2D eigenvalue weighted by Crippen LogP contribution is -2.32. The summed E-state index contributed by atoms with van der Waals surface area (Å²) >= 11 is 0. The molecule has 33 heavy (non-hydrogen) atoms. The molecule has 2 N–H and O–H groups in total. The van der Waals surface area contributed by atoms with Crippen LogP contribution in [0.5, 0.6) is 0 Å². The summed E-state index contributed by atoms with van der Waals surface area (Å²) in [6, 6.07) is 9.62. The predicted octanol–water partition coefficient (Wildman–Crippen LogP) is 4.45. The number of likely N-dealkylation sites (tertiary alicyclic amines) is 1. The van der Waals surface area contributed by atoms with Crippen molar-refractivity contribution in [3.8, 4) is 0 Å². The van der Waals surface area contributed by atoms with Crippen LogP contribution in [-0.4, -0.2) is 57.1 Å². The molecule has 0 aromatic carbocycles. The summed E-state index contributed by atoms with van der Waals surface area (Å²) in [6.07, 6.45) is 13.5. The van der Waals surface area contributed by atoms with E-state index < -0.39 is 0 Å². The summed E-state index contributed by atoms with van der Waals surface area (Å²) in [7, 11) is 2.25. The Morgan fingerprint density at radius 2 is 1.58 bits per heavy atom. The van der Waals surface area contributed by atoms with Crippen LogP contribution in [0.25, 0.3) is 33.2 Å². The fourth-order valence-corrected chi connectivity index (χ4v) is 6.92. The van der Waals surface area contributed by atoms with Crippen LogP contribution in [0.4, 0.5) is 5.82 Å². The maximum Gasteiger partial charge on any atom is 0.140 e. The third-order valence-electron chi connectivity index (χ3n) is 8.35. The van der Waals surface area contributed by atoms with Crippen LogP contribution in [0.1, 0.15) is 24.0 Å². The monoisotopic (exact) mass is 434 g/mol. The highest BCUT2D eigenvalue weighted by Gasteiger charge is 2.41. The molecule has 6 nitrogen and oxygen atoms in total. The molecule has 0 radical (unpaired) electrons. The number of hydrogen-bond donors (Lipinski definition) is 2. The maximum absolute atomic E-state index is 5.11. The molecule has 2 saturated heterocycles. The minimum absolute atomic E-state index is 0.371. The van der Waals surface area contributed by atoms with Crippen molar-refractivity contribution < 1.29 is 0 Å². The lowest BCUT2D eigenvalue weighted by atomic mass is 9.99. The van der Waals surface area contributed by atoms with Crippen LogP contribution < -0.4 is 4.90 Å². The quantitative estimate of drug-likeness (QED) is 0.500. The molecule has 0 saturated carbocycles. The van der Waals surface area contributed by atoms with Gasteiger partial charge in [-0.2, -0.15) is 0 Å². The lowest BCUT2D eigenvalue weighted by Gasteiger charge is -2.29. The van der Waals surface area contributed by atoms with Crippen molar-refractivity contribution in [2.24, 2.45) is 11.8 Å². The normalized spacial score (nSPS) is 28.5. The zero-order valence-electron chi connectivity index (χ0n) is 18.6. The van der Waals surface area contributed by atoms with E-state index in [0.717, 1.165) is 23.7 Å². The number of hydrogen-bond acceptors (Lipinski definition) is 4. The van der Waals surface area contributed by atoms with Gasteiger partial charge >= 0.3 is 0 Å².